The molecular weight excluding hydrogens is 510 g/mol. The summed E-state index contributed by atoms with van der Waals surface area (Å²) in [6, 6.07) is 58.1. The number of hydrogen-bond acceptors (Lipinski definition) is 2. The lowest BCUT2D eigenvalue weighted by atomic mass is 9.97. The van der Waals surface area contributed by atoms with E-state index in [-0.39, 0.29) is 0 Å². The van der Waals surface area contributed by atoms with Crippen molar-refractivity contribution in [3.05, 3.63) is 164 Å². The van der Waals surface area contributed by atoms with Crippen LogP contribution in [0.4, 0.5) is 17.1 Å². The van der Waals surface area contributed by atoms with Crippen LogP contribution in [0.5, 0.6) is 0 Å². The molecule has 0 atom stereocenters. The minimum atomic E-state index is 0.862. The monoisotopic (exact) mass is 537 g/mol. The number of para-hydroxylation sites is 1. The lowest BCUT2D eigenvalue weighted by molar-refractivity contribution is 0.631. The fourth-order valence-electron chi connectivity index (χ4n) is 5.98. The second-order valence-electron chi connectivity index (χ2n) is 10.6. The van der Waals surface area contributed by atoms with Gasteiger partial charge in [-0.1, -0.05) is 115 Å². The van der Waals surface area contributed by atoms with Crippen LogP contribution in [0.3, 0.4) is 0 Å². The molecule has 0 aliphatic heterocycles. The topological polar surface area (TPSA) is 16.4 Å². The zero-order valence-electron chi connectivity index (χ0n) is 22.9. The van der Waals surface area contributed by atoms with Crippen LogP contribution >= 0.6 is 0 Å². The zero-order chi connectivity index (χ0) is 27.9. The Bertz CT molecular complexity index is 2190. The molecule has 0 saturated heterocycles. The third-order valence-electron chi connectivity index (χ3n) is 8.01. The van der Waals surface area contributed by atoms with E-state index in [9.17, 15) is 0 Å². The number of hydrogen-bond donors (Lipinski definition) is 0. The molecule has 8 rings (SSSR count). The van der Waals surface area contributed by atoms with Crippen molar-refractivity contribution < 1.29 is 4.42 Å². The summed E-state index contributed by atoms with van der Waals surface area (Å²) in [6.07, 6.45) is 0. The van der Waals surface area contributed by atoms with Crippen molar-refractivity contribution in [2.45, 2.75) is 0 Å². The van der Waals surface area contributed by atoms with Gasteiger partial charge in [-0.15, -0.1) is 0 Å². The van der Waals surface area contributed by atoms with Crippen LogP contribution < -0.4 is 4.90 Å². The van der Waals surface area contributed by atoms with Crippen LogP contribution in [0.25, 0.3) is 55.0 Å². The van der Waals surface area contributed by atoms with E-state index in [0.717, 1.165) is 39.4 Å². The normalized spacial score (nSPS) is 11.3. The maximum absolute atomic E-state index is 6.26. The van der Waals surface area contributed by atoms with Gasteiger partial charge in [0, 0.05) is 28.0 Å². The van der Waals surface area contributed by atoms with Gasteiger partial charge in [-0.05, 0) is 81.2 Å². The molecule has 198 valence electrons. The maximum Gasteiger partial charge on any atom is 0.135 e. The lowest BCUT2D eigenvalue weighted by Gasteiger charge is -2.27. The highest BCUT2D eigenvalue weighted by Gasteiger charge is 2.16. The van der Waals surface area contributed by atoms with Gasteiger partial charge in [0.25, 0.3) is 0 Å². The van der Waals surface area contributed by atoms with Gasteiger partial charge in [0.1, 0.15) is 11.3 Å². The van der Waals surface area contributed by atoms with Crippen LogP contribution in [0.15, 0.2) is 168 Å². The maximum atomic E-state index is 6.26. The number of furan rings is 1. The molecule has 7 aromatic carbocycles. The Morgan fingerprint density at radius 1 is 0.381 bits per heavy atom. The van der Waals surface area contributed by atoms with Crippen molar-refractivity contribution in [2.24, 2.45) is 0 Å². The minimum absolute atomic E-state index is 0.862. The number of rotatable bonds is 5. The predicted octanol–water partition coefficient (Wildman–Crippen LogP) is 11.5. The average Bonchev–Trinajstić information content (AvgIpc) is 3.50. The molecule has 0 aliphatic carbocycles. The van der Waals surface area contributed by atoms with Gasteiger partial charge in [0.05, 0.1) is 0 Å². The lowest BCUT2D eigenvalue weighted by Crippen LogP contribution is -2.10. The molecule has 0 radical (unpaired) electrons. The SMILES string of the molecule is c1cc(-c2cc3ccccc3o2)cc(N(c2cccc(-c3cccc4ccccc34)c2)c2ccc3ccccc3c2)c1. The first-order chi connectivity index (χ1) is 20.8. The van der Waals surface area contributed by atoms with E-state index in [1.807, 2.05) is 18.2 Å². The molecule has 8 aromatic rings. The molecule has 0 N–H and O–H groups in total. The quantitative estimate of drug-likeness (QED) is 0.217. The van der Waals surface area contributed by atoms with Crippen molar-refractivity contribution >= 4 is 49.6 Å². The number of benzene rings is 7. The Balaban J connectivity index is 1.30. The van der Waals surface area contributed by atoms with Crippen LogP contribution in [0.2, 0.25) is 0 Å². The Kier molecular flexibility index (Phi) is 5.82. The summed E-state index contributed by atoms with van der Waals surface area (Å²) in [6.45, 7) is 0. The summed E-state index contributed by atoms with van der Waals surface area (Å²) < 4.78 is 6.26. The van der Waals surface area contributed by atoms with E-state index in [1.165, 1.54) is 32.7 Å². The largest absolute Gasteiger partial charge is 0.456 e. The molecule has 0 fully saturated rings. The second-order valence-corrected chi connectivity index (χ2v) is 10.6. The predicted molar refractivity (Wildman–Crippen MR) is 177 cm³/mol. The first kappa shape index (κ1) is 24.2. The Hall–Kier alpha value is -5.60. The fraction of sp³-hybridized carbons (Fsp3) is 0. The van der Waals surface area contributed by atoms with Gasteiger partial charge in [-0.25, -0.2) is 0 Å². The van der Waals surface area contributed by atoms with Crippen molar-refractivity contribution in [1.82, 2.24) is 0 Å². The second kappa shape index (κ2) is 10.1. The minimum Gasteiger partial charge on any atom is -0.456 e. The van der Waals surface area contributed by atoms with E-state index in [1.54, 1.807) is 0 Å². The summed E-state index contributed by atoms with van der Waals surface area (Å²) in [5.74, 6) is 0.862. The van der Waals surface area contributed by atoms with Crippen LogP contribution in [0.1, 0.15) is 0 Å². The van der Waals surface area contributed by atoms with Gasteiger partial charge in [-0.3, -0.25) is 0 Å². The molecule has 1 heterocycles. The molecule has 0 aliphatic rings. The van der Waals surface area contributed by atoms with Gasteiger partial charge in [-0.2, -0.15) is 0 Å². The van der Waals surface area contributed by atoms with Gasteiger partial charge in [0.2, 0.25) is 0 Å². The summed E-state index contributed by atoms with van der Waals surface area (Å²) in [4.78, 5) is 2.34. The molecule has 0 saturated carbocycles. The van der Waals surface area contributed by atoms with Crippen LogP contribution in [0, 0.1) is 0 Å². The number of anilines is 3. The summed E-state index contributed by atoms with van der Waals surface area (Å²) >= 11 is 0. The molecule has 0 spiro atoms. The fourth-order valence-corrected chi connectivity index (χ4v) is 5.98. The third-order valence-corrected chi connectivity index (χ3v) is 8.01. The Labute approximate surface area is 244 Å². The summed E-state index contributed by atoms with van der Waals surface area (Å²) in [5, 5.41) is 6.03. The Morgan fingerprint density at radius 2 is 1.00 bits per heavy atom. The van der Waals surface area contributed by atoms with Crippen LogP contribution in [-0.4, -0.2) is 0 Å². The molecular formula is C40H27NO. The standard InChI is InChI=1S/C40H27NO/c1-2-12-30-24-36(23-22-28(30)10-1)41(35-18-8-16-32(26-35)40-27-33-13-4-6-21-39(33)42-40)34-17-7-15-31(25-34)38-20-9-14-29-11-3-5-19-37(29)38/h1-27H. The molecule has 42 heavy (non-hydrogen) atoms. The van der Waals surface area contributed by atoms with E-state index in [2.05, 4.69) is 150 Å². The molecule has 2 heteroatoms. The third kappa shape index (κ3) is 4.31. The number of fused-ring (bicyclic) bond motifs is 3. The van der Waals surface area contributed by atoms with Crippen molar-refractivity contribution in [2.75, 3.05) is 4.90 Å². The van der Waals surface area contributed by atoms with Gasteiger partial charge < -0.3 is 9.32 Å². The van der Waals surface area contributed by atoms with E-state index in [4.69, 9.17) is 4.42 Å². The van der Waals surface area contributed by atoms with Crippen molar-refractivity contribution in [3.8, 4) is 22.5 Å². The van der Waals surface area contributed by atoms with E-state index >= 15 is 0 Å². The molecule has 0 bridgehead atoms. The highest BCUT2D eigenvalue weighted by molar-refractivity contribution is 5.98. The highest BCUT2D eigenvalue weighted by atomic mass is 16.3. The van der Waals surface area contributed by atoms with E-state index < -0.39 is 0 Å². The Morgan fingerprint density at radius 3 is 1.83 bits per heavy atom. The smallest absolute Gasteiger partial charge is 0.135 e. The van der Waals surface area contributed by atoms with Crippen LogP contribution in [-0.2, 0) is 0 Å². The summed E-state index contributed by atoms with van der Waals surface area (Å²) in [5.41, 5.74) is 7.61. The van der Waals surface area contributed by atoms with E-state index in [0.29, 0.717) is 0 Å². The molecule has 1 aromatic heterocycles. The van der Waals surface area contributed by atoms with Crippen molar-refractivity contribution in [1.29, 1.82) is 0 Å². The highest BCUT2D eigenvalue weighted by Crippen LogP contribution is 2.40. The molecule has 2 nitrogen and oxygen atoms in total. The van der Waals surface area contributed by atoms with Gasteiger partial charge >= 0.3 is 0 Å². The first-order valence-electron chi connectivity index (χ1n) is 14.3. The number of nitrogens with zero attached hydrogens (tertiary/aromatic N) is 1. The zero-order valence-corrected chi connectivity index (χ0v) is 22.9. The first-order valence-corrected chi connectivity index (χ1v) is 14.3. The summed E-state index contributed by atoms with van der Waals surface area (Å²) in [7, 11) is 0. The van der Waals surface area contributed by atoms with Gasteiger partial charge in [0.15, 0.2) is 0 Å². The van der Waals surface area contributed by atoms with Crippen molar-refractivity contribution in [3.63, 3.8) is 0 Å². The average molecular weight is 538 g/mol. The molecule has 0 unspecified atom stereocenters. The molecule has 0 amide bonds.